The lowest BCUT2D eigenvalue weighted by molar-refractivity contribution is -0.133. The van der Waals surface area contributed by atoms with Gasteiger partial charge in [0.05, 0.1) is 12.9 Å². The Balaban J connectivity index is 1.48. The molecule has 0 aromatic carbocycles. The lowest BCUT2D eigenvalue weighted by Crippen LogP contribution is -2.42. The first-order chi connectivity index (χ1) is 10.7. The highest BCUT2D eigenvalue weighted by Gasteiger charge is 2.28. The maximum atomic E-state index is 12.3. The van der Waals surface area contributed by atoms with Crippen molar-refractivity contribution in [2.75, 3.05) is 6.54 Å². The largest absolute Gasteiger partial charge is 0.346 e. The van der Waals surface area contributed by atoms with Crippen LogP contribution in [0.3, 0.4) is 0 Å². The molecule has 0 atom stereocenters. The summed E-state index contributed by atoms with van der Waals surface area (Å²) in [6.07, 6.45) is 7.42. The minimum atomic E-state index is -0.0383. The van der Waals surface area contributed by atoms with Gasteiger partial charge in [-0.3, -0.25) is 9.36 Å². The second-order valence-electron chi connectivity index (χ2n) is 6.03. The highest BCUT2D eigenvalue weighted by atomic mass is 16.2. The summed E-state index contributed by atoms with van der Waals surface area (Å²) in [5, 5.41) is 4.41. The van der Waals surface area contributed by atoms with Crippen LogP contribution in [0.2, 0.25) is 0 Å². The van der Waals surface area contributed by atoms with Crippen molar-refractivity contribution in [3.63, 3.8) is 0 Å². The van der Waals surface area contributed by atoms with Crippen molar-refractivity contribution in [2.24, 2.45) is 5.92 Å². The summed E-state index contributed by atoms with van der Waals surface area (Å²) >= 11 is 0. The summed E-state index contributed by atoms with van der Waals surface area (Å²) in [4.78, 5) is 30.3. The van der Waals surface area contributed by atoms with Crippen LogP contribution in [0.4, 0.5) is 0 Å². The van der Waals surface area contributed by atoms with Crippen molar-refractivity contribution in [3.05, 3.63) is 35.0 Å². The number of rotatable bonds is 4. The average molecular weight is 302 g/mol. The Morgan fingerprint density at radius 2 is 2.18 bits per heavy atom. The van der Waals surface area contributed by atoms with Gasteiger partial charge in [0.25, 0.3) is 0 Å². The molecule has 1 amide bonds. The Bertz CT molecular complexity index is 740. The number of fused-ring (bicyclic) bond motifs is 1. The Hall–Kier alpha value is -2.38. The van der Waals surface area contributed by atoms with Gasteiger partial charge in [0.2, 0.25) is 5.91 Å². The van der Waals surface area contributed by atoms with Crippen LogP contribution in [0, 0.1) is 5.92 Å². The molecule has 1 aliphatic carbocycles. The van der Waals surface area contributed by atoms with Gasteiger partial charge < -0.3 is 9.47 Å². The van der Waals surface area contributed by atoms with Crippen LogP contribution < -0.4 is 5.69 Å². The summed E-state index contributed by atoms with van der Waals surface area (Å²) in [5.41, 5.74) is -0.0383. The Morgan fingerprint density at radius 1 is 1.32 bits per heavy atom. The van der Waals surface area contributed by atoms with E-state index in [1.807, 2.05) is 0 Å². The van der Waals surface area contributed by atoms with E-state index in [2.05, 4.69) is 10.1 Å². The molecule has 22 heavy (non-hydrogen) atoms. The first kappa shape index (κ1) is 13.3. The van der Waals surface area contributed by atoms with E-state index < -0.39 is 0 Å². The number of hydrogen-bond donors (Lipinski definition) is 0. The van der Waals surface area contributed by atoms with Gasteiger partial charge in [-0.25, -0.2) is 14.5 Å². The van der Waals surface area contributed by atoms with E-state index in [0.717, 1.165) is 0 Å². The van der Waals surface area contributed by atoms with E-state index in [9.17, 15) is 9.59 Å². The number of imidazole rings is 1. The number of hydrogen-bond acceptors (Lipinski definition) is 4. The maximum absolute atomic E-state index is 12.3. The first-order valence-corrected chi connectivity index (χ1v) is 7.61. The fourth-order valence-electron chi connectivity index (χ4n) is 2.81. The molecule has 4 rings (SSSR count). The highest BCUT2D eigenvalue weighted by Crippen LogP contribution is 2.29. The Morgan fingerprint density at radius 3 is 2.91 bits per heavy atom. The Kier molecular flexibility index (Phi) is 3.09. The maximum Gasteiger partial charge on any atom is 0.346 e. The predicted molar refractivity (Wildman–Crippen MR) is 76.9 cm³/mol. The topological polar surface area (TPSA) is 78.0 Å². The number of carbonyl (C=O) groups is 1. The summed E-state index contributed by atoms with van der Waals surface area (Å²) in [5.74, 6) is 1.32. The molecule has 1 aliphatic heterocycles. The van der Waals surface area contributed by atoms with Gasteiger partial charge in [-0.2, -0.15) is 5.10 Å². The molecule has 1 fully saturated rings. The van der Waals surface area contributed by atoms with Gasteiger partial charge in [0.15, 0.2) is 5.82 Å². The van der Waals surface area contributed by atoms with Gasteiger partial charge in [-0.1, -0.05) is 0 Å². The summed E-state index contributed by atoms with van der Waals surface area (Å²) in [7, 11) is 0. The van der Waals surface area contributed by atoms with Crippen LogP contribution in [-0.4, -0.2) is 41.3 Å². The zero-order chi connectivity index (χ0) is 15.1. The summed E-state index contributed by atoms with van der Waals surface area (Å²) in [6.45, 7) is 2.46. The van der Waals surface area contributed by atoms with Crippen molar-refractivity contribution < 1.29 is 4.79 Å². The molecule has 116 valence electrons. The second kappa shape index (κ2) is 5.11. The monoisotopic (exact) mass is 302 g/mol. The summed E-state index contributed by atoms with van der Waals surface area (Å²) < 4.78 is 5.01. The van der Waals surface area contributed by atoms with Crippen LogP contribution >= 0.6 is 0 Å². The van der Waals surface area contributed by atoms with E-state index in [-0.39, 0.29) is 18.1 Å². The molecule has 1 saturated carbocycles. The predicted octanol–water partition coefficient (Wildman–Crippen LogP) is -0.306. The van der Waals surface area contributed by atoms with Crippen molar-refractivity contribution in [3.8, 4) is 0 Å². The molecule has 0 saturated heterocycles. The van der Waals surface area contributed by atoms with Gasteiger partial charge in [0, 0.05) is 32.0 Å². The third-order valence-electron chi connectivity index (χ3n) is 4.28. The standard InChI is InChI=1S/C14H18N6O2/c21-13(9-17-4-3-15-10-17)18-5-6-19-12(8-18)16-20(14(19)22)7-11-1-2-11/h3-4,10-11H,1-2,5-9H2. The van der Waals surface area contributed by atoms with Gasteiger partial charge >= 0.3 is 5.69 Å². The van der Waals surface area contributed by atoms with E-state index in [1.54, 1.807) is 37.4 Å². The van der Waals surface area contributed by atoms with Gasteiger partial charge in [0.1, 0.15) is 6.54 Å². The third kappa shape index (κ3) is 2.44. The normalized spacial score (nSPS) is 17.5. The Labute approximate surface area is 127 Å². The second-order valence-corrected chi connectivity index (χ2v) is 6.03. The number of aromatic nitrogens is 5. The fraction of sp³-hybridized carbons (Fsp3) is 0.571. The first-order valence-electron chi connectivity index (χ1n) is 7.61. The van der Waals surface area contributed by atoms with Crippen molar-refractivity contribution in [1.29, 1.82) is 0 Å². The van der Waals surface area contributed by atoms with Gasteiger partial charge in [-0.05, 0) is 18.8 Å². The lowest BCUT2D eigenvalue weighted by Gasteiger charge is -2.26. The van der Waals surface area contributed by atoms with Gasteiger partial charge in [-0.15, -0.1) is 0 Å². The molecule has 3 heterocycles. The minimum absolute atomic E-state index is 0.0217. The molecular weight excluding hydrogens is 284 g/mol. The molecule has 0 spiro atoms. The molecule has 8 heteroatoms. The smallest absolute Gasteiger partial charge is 0.332 e. The molecule has 2 aromatic heterocycles. The third-order valence-corrected chi connectivity index (χ3v) is 4.28. The van der Waals surface area contributed by atoms with E-state index in [0.29, 0.717) is 37.9 Å². The van der Waals surface area contributed by atoms with Crippen molar-refractivity contribution in [2.45, 2.75) is 39.0 Å². The van der Waals surface area contributed by atoms with Crippen LogP contribution in [-0.2, 0) is 31.0 Å². The zero-order valence-corrected chi connectivity index (χ0v) is 12.3. The zero-order valence-electron chi connectivity index (χ0n) is 12.3. The minimum Gasteiger partial charge on any atom is -0.332 e. The molecule has 2 aromatic rings. The highest BCUT2D eigenvalue weighted by molar-refractivity contribution is 5.76. The van der Waals surface area contributed by atoms with E-state index in [4.69, 9.17) is 0 Å². The van der Waals surface area contributed by atoms with E-state index in [1.165, 1.54) is 12.8 Å². The van der Waals surface area contributed by atoms with Crippen LogP contribution in [0.15, 0.2) is 23.5 Å². The van der Waals surface area contributed by atoms with E-state index >= 15 is 0 Å². The molecule has 0 N–H and O–H groups in total. The van der Waals surface area contributed by atoms with Crippen LogP contribution in [0.25, 0.3) is 0 Å². The molecule has 2 aliphatic rings. The quantitative estimate of drug-likeness (QED) is 0.776. The number of nitrogens with zero attached hydrogens (tertiary/aromatic N) is 6. The molecule has 8 nitrogen and oxygen atoms in total. The molecule has 0 unspecified atom stereocenters. The average Bonchev–Trinajstić information content (AvgIpc) is 3.08. The fourth-order valence-corrected chi connectivity index (χ4v) is 2.81. The molecule has 0 radical (unpaired) electrons. The number of carbonyl (C=O) groups excluding carboxylic acids is 1. The van der Waals surface area contributed by atoms with Crippen LogP contribution in [0.5, 0.6) is 0 Å². The summed E-state index contributed by atoms with van der Waals surface area (Å²) in [6, 6.07) is 0. The number of amides is 1. The van der Waals surface area contributed by atoms with Crippen molar-refractivity contribution >= 4 is 5.91 Å². The molecule has 0 bridgehead atoms. The molecular formula is C14H18N6O2. The SMILES string of the molecule is O=C(Cn1ccnc1)N1CCn2c(nn(CC3CC3)c2=O)C1. The lowest BCUT2D eigenvalue weighted by atomic mass is 10.3. The van der Waals surface area contributed by atoms with Crippen molar-refractivity contribution in [1.82, 2.24) is 28.8 Å². The van der Waals surface area contributed by atoms with Crippen LogP contribution in [0.1, 0.15) is 18.7 Å².